The molecule has 1 saturated heterocycles. The van der Waals surface area contributed by atoms with Crippen molar-refractivity contribution in [3.05, 3.63) is 88.5 Å². The molecule has 1 fully saturated rings. The monoisotopic (exact) mass is 514 g/mol. The van der Waals surface area contributed by atoms with Crippen LogP contribution < -0.4 is 19.3 Å². The normalized spacial score (nSPS) is 16.6. The van der Waals surface area contributed by atoms with Gasteiger partial charge in [-0.2, -0.15) is 0 Å². The number of nitrogens with zero attached hydrogens (tertiary/aromatic N) is 2. The van der Waals surface area contributed by atoms with Crippen LogP contribution in [0.15, 0.2) is 66.2 Å². The Bertz CT molecular complexity index is 1370. The van der Waals surface area contributed by atoms with E-state index < -0.39 is 17.7 Å². The molecule has 0 bridgehead atoms. The number of hydrogen-bond donors (Lipinski definition) is 1. The molecule has 0 radical (unpaired) electrons. The largest absolute Gasteiger partial charge is 0.506 e. The summed E-state index contributed by atoms with van der Waals surface area (Å²) in [5.74, 6) is -1.16. The molecule has 0 aromatic heterocycles. The second-order valence-electron chi connectivity index (χ2n) is 9.19. The van der Waals surface area contributed by atoms with Crippen LogP contribution in [0.2, 0.25) is 0 Å². The molecule has 1 aliphatic rings. The summed E-state index contributed by atoms with van der Waals surface area (Å²) in [6, 6.07) is 17.7. The highest BCUT2D eigenvalue weighted by molar-refractivity contribution is 6.52. The summed E-state index contributed by atoms with van der Waals surface area (Å²) in [4.78, 5) is 31.0. The number of benzene rings is 3. The van der Waals surface area contributed by atoms with Gasteiger partial charge < -0.3 is 19.5 Å². The number of carbonyl (C=O) groups excluding carboxylic acids is 2. The van der Waals surface area contributed by atoms with E-state index in [0.717, 1.165) is 29.9 Å². The number of hydrogen-bond acceptors (Lipinski definition) is 6. The molecule has 3 aromatic carbocycles. The van der Waals surface area contributed by atoms with Gasteiger partial charge in [0, 0.05) is 24.5 Å². The number of carbonyl (C=O) groups is 2. The maximum atomic E-state index is 13.7. The second kappa shape index (κ2) is 11.0. The first-order valence-corrected chi connectivity index (χ1v) is 12.7. The van der Waals surface area contributed by atoms with E-state index in [1.54, 1.807) is 18.2 Å². The molecule has 4 rings (SSSR count). The molecule has 0 spiro atoms. The number of ketones is 1. The molecule has 1 unspecified atom stereocenters. The topological polar surface area (TPSA) is 79.3 Å². The fraction of sp³-hybridized carbons (Fsp3) is 0.290. The number of methoxy groups -OCH3 is 2. The Kier molecular flexibility index (Phi) is 7.76. The summed E-state index contributed by atoms with van der Waals surface area (Å²) in [6.07, 6.45) is 0. The van der Waals surface area contributed by atoms with Crippen molar-refractivity contribution >= 4 is 28.8 Å². The lowest BCUT2D eigenvalue weighted by Crippen LogP contribution is -2.30. The number of aliphatic hydroxyl groups excluding tert-OH is 1. The number of rotatable bonds is 8. The SMILES string of the molecule is CCN(CC)c1ccc(C2/C(=C(\O)c3c(OC)cccc3OC)C(=O)C(=O)N2c2cccc(C)c2C)cc1. The molecule has 198 valence electrons. The molecule has 7 nitrogen and oxygen atoms in total. The Hall–Kier alpha value is -4.26. The molecular formula is C31H34N2O5. The molecule has 7 heteroatoms. The number of aryl methyl sites for hydroxylation is 1. The van der Waals surface area contributed by atoms with E-state index in [1.165, 1.54) is 19.1 Å². The van der Waals surface area contributed by atoms with Crippen LogP contribution in [0.1, 0.15) is 42.1 Å². The number of ether oxygens (including phenoxy) is 2. The van der Waals surface area contributed by atoms with Crippen molar-refractivity contribution in [3.63, 3.8) is 0 Å². The second-order valence-corrected chi connectivity index (χ2v) is 9.19. The third-order valence-corrected chi connectivity index (χ3v) is 7.28. The average molecular weight is 515 g/mol. The van der Waals surface area contributed by atoms with E-state index in [0.29, 0.717) is 22.7 Å². The summed E-state index contributed by atoms with van der Waals surface area (Å²) in [5, 5.41) is 11.7. The summed E-state index contributed by atoms with van der Waals surface area (Å²) in [6.45, 7) is 9.77. The minimum atomic E-state index is -0.851. The van der Waals surface area contributed by atoms with Gasteiger partial charge in [-0.3, -0.25) is 14.5 Å². The molecule has 0 saturated carbocycles. The lowest BCUT2D eigenvalue weighted by Gasteiger charge is -2.28. The van der Waals surface area contributed by atoms with Crippen molar-refractivity contribution in [3.8, 4) is 11.5 Å². The molecule has 3 aromatic rings. The van der Waals surface area contributed by atoms with Crippen LogP contribution in [0, 0.1) is 13.8 Å². The maximum Gasteiger partial charge on any atom is 0.300 e. The molecular weight excluding hydrogens is 480 g/mol. The van der Waals surface area contributed by atoms with E-state index in [2.05, 4.69) is 18.7 Å². The molecule has 0 aliphatic carbocycles. The zero-order chi connectivity index (χ0) is 27.6. The van der Waals surface area contributed by atoms with Gasteiger partial charge in [0.05, 0.1) is 25.8 Å². The molecule has 1 aliphatic heterocycles. The van der Waals surface area contributed by atoms with Crippen LogP contribution in [0.5, 0.6) is 11.5 Å². The Morgan fingerprint density at radius 1 is 0.895 bits per heavy atom. The zero-order valence-electron chi connectivity index (χ0n) is 22.7. The smallest absolute Gasteiger partial charge is 0.300 e. The first-order chi connectivity index (χ1) is 18.3. The van der Waals surface area contributed by atoms with E-state index >= 15 is 0 Å². The van der Waals surface area contributed by atoms with Gasteiger partial charge in [0.1, 0.15) is 22.8 Å². The highest BCUT2D eigenvalue weighted by atomic mass is 16.5. The fourth-order valence-corrected chi connectivity index (χ4v) is 5.07. The molecule has 1 heterocycles. The number of anilines is 2. The van der Waals surface area contributed by atoms with Crippen molar-refractivity contribution in [1.29, 1.82) is 0 Å². The van der Waals surface area contributed by atoms with Gasteiger partial charge in [-0.25, -0.2) is 0 Å². The highest BCUT2D eigenvalue weighted by Crippen LogP contribution is 2.46. The molecule has 38 heavy (non-hydrogen) atoms. The predicted octanol–water partition coefficient (Wildman–Crippen LogP) is 5.79. The van der Waals surface area contributed by atoms with Crippen LogP contribution in [-0.2, 0) is 9.59 Å². The molecule has 1 N–H and O–H groups in total. The predicted molar refractivity (Wildman–Crippen MR) is 150 cm³/mol. The van der Waals surface area contributed by atoms with Crippen LogP contribution in [0.25, 0.3) is 5.76 Å². The van der Waals surface area contributed by atoms with Gasteiger partial charge >= 0.3 is 0 Å². The first-order valence-electron chi connectivity index (χ1n) is 12.7. The Labute approximate surface area is 223 Å². The van der Waals surface area contributed by atoms with E-state index in [-0.39, 0.29) is 16.9 Å². The first kappa shape index (κ1) is 26.8. The van der Waals surface area contributed by atoms with Gasteiger partial charge in [0.15, 0.2) is 0 Å². The van der Waals surface area contributed by atoms with Crippen LogP contribution in [-0.4, -0.2) is 44.1 Å². The van der Waals surface area contributed by atoms with Gasteiger partial charge in [-0.05, 0) is 74.7 Å². The van der Waals surface area contributed by atoms with E-state index in [1.807, 2.05) is 56.3 Å². The number of amides is 1. The quantitative estimate of drug-likeness (QED) is 0.233. The lowest BCUT2D eigenvalue weighted by molar-refractivity contribution is -0.132. The minimum Gasteiger partial charge on any atom is -0.506 e. The van der Waals surface area contributed by atoms with Crippen molar-refractivity contribution in [1.82, 2.24) is 0 Å². The van der Waals surface area contributed by atoms with Crippen LogP contribution in [0.4, 0.5) is 11.4 Å². The average Bonchev–Trinajstić information content (AvgIpc) is 3.20. The minimum absolute atomic E-state index is 0.0192. The maximum absolute atomic E-state index is 13.7. The summed E-state index contributed by atoms with van der Waals surface area (Å²) < 4.78 is 11.0. The zero-order valence-corrected chi connectivity index (χ0v) is 22.7. The Balaban J connectivity index is 2.00. The summed E-state index contributed by atoms with van der Waals surface area (Å²) in [5.41, 5.74) is 4.44. The Morgan fingerprint density at radius 2 is 1.47 bits per heavy atom. The summed E-state index contributed by atoms with van der Waals surface area (Å²) >= 11 is 0. The lowest BCUT2D eigenvalue weighted by atomic mass is 9.94. The standard InChI is InChI=1S/C31H34N2O5/c1-7-32(8-2)22-17-15-21(16-18-22)28-27(29(34)26-24(37-5)13-10-14-25(26)38-6)30(35)31(36)33(28)23-12-9-11-19(3)20(23)4/h9-18,28,34H,7-8H2,1-6H3/b29-27+. The van der Waals surface area contributed by atoms with Crippen molar-refractivity contribution in [2.45, 2.75) is 33.7 Å². The highest BCUT2D eigenvalue weighted by Gasteiger charge is 2.48. The van der Waals surface area contributed by atoms with Crippen LogP contribution in [0.3, 0.4) is 0 Å². The van der Waals surface area contributed by atoms with Gasteiger partial charge in [0.25, 0.3) is 11.7 Å². The van der Waals surface area contributed by atoms with E-state index in [9.17, 15) is 14.7 Å². The van der Waals surface area contributed by atoms with Gasteiger partial charge in [-0.15, -0.1) is 0 Å². The van der Waals surface area contributed by atoms with Crippen molar-refractivity contribution < 1.29 is 24.2 Å². The Morgan fingerprint density at radius 3 is 2.03 bits per heavy atom. The molecule has 1 amide bonds. The molecule has 1 atom stereocenters. The summed E-state index contributed by atoms with van der Waals surface area (Å²) in [7, 11) is 2.95. The number of Topliss-reactive ketones (excluding diaryl/α,β-unsaturated/α-hetero) is 1. The van der Waals surface area contributed by atoms with Gasteiger partial charge in [-0.1, -0.05) is 30.3 Å². The third kappa shape index (κ3) is 4.49. The number of aliphatic hydroxyl groups is 1. The van der Waals surface area contributed by atoms with Crippen molar-refractivity contribution in [2.24, 2.45) is 0 Å². The van der Waals surface area contributed by atoms with Crippen LogP contribution >= 0.6 is 0 Å². The van der Waals surface area contributed by atoms with E-state index in [4.69, 9.17) is 9.47 Å². The van der Waals surface area contributed by atoms with Crippen molar-refractivity contribution in [2.75, 3.05) is 37.1 Å². The third-order valence-electron chi connectivity index (χ3n) is 7.28. The van der Waals surface area contributed by atoms with Gasteiger partial charge in [0.2, 0.25) is 0 Å². The fourth-order valence-electron chi connectivity index (χ4n) is 5.07.